The van der Waals surface area contributed by atoms with Crippen molar-refractivity contribution in [2.75, 3.05) is 19.7 Å². The molecule has 0 saturated carbocycles. The highest BCUT2D eigenvalue weighted by Gasteiger charge is 2.45. The molecule has 1 heterocycles. The number of ether oxygens (including phenoxy) is 2. The molecule has 1 aliphatic heterocycles. The van der Waals surface area contributed by atoms with Crippen LogP contribution in [-0.2, 0) is 68.6 Å². The number of nitrogens with two attached hydrogens (primary N) is 3. The molecule has 0 aromatic heterocycles. The van der Waals surface area contributed by atoms with Gasteiger partial charge in [0.2, 0.25) is 53.2 Å². The molecule has 1 saturated heterocycles. The summed E-state index contributed by atoms with van der Waals surface area (Å²) in [6.45, 7) is 4.26. The molecule has 1 aromatic carbocycles. The first kappa shape index (κ1) is 64.4. The van der Waals surface area contributed by atoms with Crippen molar-refractivity contribution in [3.05, 3.63) is 35.9 Å². The summed E-state index contributed by atoms with van der Waals surface area (Å²) in [5.41, 5.74) is 17.0. The largest absolute Gasteiger partial charge is 0.481 e. The summed E-state index contributed by atoms with van der Waals surface area (Å²) in [6.07, 6.45) is -12.3. The SMILES string of the molecule is CC[C@H](C)[C@H](NC(C)=O)C(=O)N[C@@H](C)C(=O)CCC(=O)N[C@@H](Cc1ccccc1)C(=O)N[C@@H](CC[C@H](CN)O[C@@H]1O[C@H](CO)[C@H](O)[C@H](O)[C@H]1O)C(=O)NCC(=O)N[C@@H](CCC(=O)O)C(=O)N[C@@H](CCC(N)=O)C(N)=O. The van der Waals surface area contributed by atoms with Gasteiger partial charge in [-0.2, -0.15) is 0 Å². The second-order valence-electron chi connectivity index (χ2n) is 18.1. The Morgan fingerprint density at radius 3 is 1.85 bits per heavy atom. The number of Topliss-reactive ketones (excluding diaryl/α,β-unsaturated/α-hetero) is 1. The summed E-state index contributed by atoms with van der Waals surface area (Å²) >= 11 is 0. The van der Waals surface area contributed by atoms with Gasteiger partial charge in [-0.05, 0) is 44.1 Å². The number of hydrogen-bond donors (Lipinski definition) is 15. The third-order valence-electron chi connectivity index (χ3n) is 12.1. The van der Waals surface area contributed by atoms with Crippen molar-refractivity contribution in [2.45, 2.75) is 165 Å². The lowest BCUT2D eigenvalue weighted by Gasteiger charge is -2.40. The Bertz CT molecular complexity index is 2120. The second kappa shape index (κ2) is 32.6. The zero-order valence-electron chi connectivity index (χ0n) is 42.4. The zero-order valence-corrected chi connectivity index (χ0v) is 42.4. The van der Waals surface area contributed by atoms with Crippen molar-refractivity contribution in [1.29, 1.82) is 0 Å². The van der Waals surface area contributed by atoms with E-state index in [1.165, 1.54) is 13.8 Å². The summed E-state index contributed by atoms with van der Waals surface area (Å²) in [4.78, 5) is 141. The summed E-state index contributed by atoms with van der Waals surface area (Å²) in [6, 6.07) is 0.274. The van der Waals surface area contributed by atoms with E-state index in [0.29, 0.717) is 12.0 Å². The van der Waals surface area contributed by atoms with Gasteiger partial charge in [0.05, 0.1) is 25.3 Å². The van der Waals surface area contributed by atoms with Crippen LogP contribution in [0.25, 0.3) is 0 Å². The van der Waals surface area contributed by atoms with Crippen LogP contribution in [0.5, 0.6) is 0 Å². The Kier molecular flexibility index (Phi) is 28.0. The van der Waals surface area contributed by atoms with Crippen LogP contribution in [-0.4, -0.2) is 183 Å². The molecular formula is C47H74N10O18. The topological polar surface area (TPSA) is 470 Å². The molecule has 0 unspecified atom stereocenters. The molecule has 1 aromatic rings. The minimum absolute atomic E-state index is 0.152. The molecule has 28 heteroatoms. The van der Waals surface area contributed by atoms with Gasteiger partial charge in [-0.15, -0.1) is 0 Å². The van der Waals surface area contributed by atoms with Crippen LogP contribution in [0, 0.1) is 5.92 Å². The molecule has 28 nitrogen and oxygen atoms in total. The predicted octanol–water partition coefficient (Wildman–Crippen LogP) is -5.77. The maximum atomic E-state index is 14.2. The second-order valence-corrected chi connectivity index (χ2v) is 18.1. The molecule has 1 aliphatic rings. The number of hydrogen-bond acceptors (Lipinski definition) is 18. The number of carboxylic acid groups (broad SMARTS) is 1. The summed E-state index contributed by atoms with van der Waals surface area (Å²) in [5, 5.41) is 67.1. The number of aliphatic hydroxyl groups excluding tert-OH is 4. The van der Waals surface area contributed by atoms with Gasteiger partial charge in [-0.3, -0.25) is 52.7 Å². The van der Waals surface area contributed by atoms with Crippen LogP contribution in [0.2, 0.25) is 0 Å². The fourth-order valence-electron chi connectivity index (χ4n) is 7.51. The van der Waals surface area contributed by atoms with Crippen LogP contribution >= 0.6 is 0 Å². The van der Waals surface area contributed by atoms with Crippen molar-refractivity contribution < 1.29 is 87.7 Å². The van der Waals surface area contributed by atoms with E-state index >= 15 is 0 Å². The minimum atomic E-state index is -1.83. The molecule has 0 spiro atoms. The number of nitrogens with one attached hydrogen (secondary N) is 7. The van der Waals surface area contributed by atoms with Crippen LogP contribution in [0.15, 0.2) is 30.3 Å². The highest BCUT2D eigenvalue weighted by molar-refractivity contribution is 5.97. The minimum Gasteiger partial charge on any atom is -0.481 e. The first-order chi connectivity index (χ1) is 35.3. The number of primary amides is 2. The first-order valence-electron chi connectivity index (χ1n) is 24.4. The number of aliphatic hydroxyl groups is 4. The maximum Gasteiger partial charge on any atom is 0.303 e. The summed E-state index contributed by atoms with van der Waals surface area (Å²) in [7, 11) is 0. The van der Waals surface area contributed by atoms with Crippen LogP contribution < -0.4 is 54.4 Å². The lowest BCUT2D eigenvalue weighted by atomic mass is 9.97. The van der Waals surface area contributed by atoms with Gasteiger partial charge in [0.1, 0.15) is 54.6 Å². The van der Waals surface area contributed by atoms with Gasteiger partial charge >= 0.3 is 5.97 Å². The molecule has 13 atom stereocenters. The van der Waals surface area contributed by atoms with Crippen molar-refractivity contribution in [3.8, 4) is 0 Å². The van der Waals surface area contributed by atoms with E-state index in [1.807, 2.05) is 6.92 Å². The van der Waals surface area contributed by atoms with Crippen molar-refractivity contribution in [2.24, 2.45) is 23.1 Å². The number of carbonyl (C=O) groups excluding carboxylic acids is 10. The number of ketones is 1. The first-order valence-corrected chi connectivity index (χ1v) is 24.4. The molecule has 75 heavy (non-hydrogen) atoms. The molecule has 2 rings (SSSR count). The highest BCUT2D eigenvalue weighted by atomic mass is 16.7. The normalized spacial score (nSPS) is 20.4. The van der Waals surface area contributed by atoms with Crippen LogP contribution in [0.4, 0.5) is 0 Å². The van der Waals surface area contributed by atoms with E-state index in [-0.39, 0.29) is 51.0 Å². The van der Waals surface area contributed by atoms with Crippen molar-refractivity contribution in [1.82, 2.24) is 37.2 Å². The van der Waals surface area contributed by atoms with Crippen molar-refractivity contribution in [3.63, 3.8) is 0 Å². The Morgan fingerprint density at radius 1 is 0.680 bits per heavy atom. The molecule has 0 radical (unpaired) electrons. The summed E-state index contributed by atoms with van der Waals surface area (Å²) < 4.78 is 11.2. The van der Waals surface area contributed by atoms with E-state index in [9.17, 15) is 78.3 Å². The van der Waals surface area contributed by atoms with Gasteiger partial charge in [0.25, 0.3) is 0 Å². The van der Waals surface area contributed by atoms with E-state index in [0.717, 1.165) is 0 Å². The number of amides is 9. The Balaban J connectivity index is 2.38. The highest BCUT2D eigenvalue weighted by Crippen LogP contribution is 2.24. The Morgan fingerprint density at radius 2 is 1.28 bits per heavy atom. The Labute approximate surface area is 432 Å². The van der Waals surface area contributed by atoms with Crippen LogP contribution in [0.1, 0.15) is 91.0 Å². The van der Waals surface area contributed by atoms with Crippen molar-refractivity contribution >= 4 is 64.9 Å². The number of benzene rings is 1. The van der Waals surface area contributed by atoms with E-state index in [1.54, 1.807) is 37.3 Å². The molecular weight excluding hydrogens is 993 g/mol. The number of carbonyl (C=O) groups is 11. The van der Waals surface area contributed by atoms with Gasteiger partial charge < -0.3 is 89.4 Å². The Hall–Kier alpha value is -6.69. The predicted molar refractivity (Wildman–Crippen MR) is 261 cm³/mol. The lowest BCUT2D eigenvalue weighted by Crippen LogP contribution is -2.60. The molecule has 420 valence electrons. The molecule has 18 N–H and O–H groups in total. The van der Waals surface area contributed by atoms with Crippen LogP contribution in [0.3, 0.4) is 0 Å². The quantitative estimate of drug-likeness (QED) is 0.0306. The monoisotopic (exact) mass is 1070 g/mol. The van der Waals surface area contributed by atoms with Gasteiger partial charge in [0, 0.05) is 45.6 Å². The van der Waals surface area contributed by atoms with Gasteiger partial charge in [-0.25, -0.2) is 0 Å². The molecule has 0 bridgehead atoms. The molecule has 9 amide bonds. The summed E-state index contributed by atoms with van der Waals surface area (Å²) in [5.74, 6) is -9.97. The standard InChI is InChI=1S/C47H74N10O18/c1-5-23(2)38(53-25(4)59)46(73)52-24(3)32(60)15-17-35(62)55-31(19-26-9-7-6-8-10-26)45(72)57-29(12-11-27(20-48)74-47-41(68)40(67)39(66)33(22-58)75-47)43(70)51-21-36(63)54-30(14-18-37(64)65)44(71)56-28(42(50)69)13-16-34(49)61/h6-10,23-24,27-31,33,38-41,47,58,66-68H,5,11-22,48H2,1-4H3,(H2,49,61)(H2,50,69)(H,51,70)(H,52,73)(H,53,59)(H,54,63)(H,55,62)(H,56,71)(H,57,72)(H,64,65)/t23-,24-,27+,28-,29-,30-,31-,33+,38-,39-,40-,41+,47+/m0/s1. The number of carboxylic acids is 1. The molecule has 0 aliphatic carbocycles. The van der Waals surface area contributed by atoms with E-state index in [4.69, 9.17) is 26.7 Å². The zero-order chi connectivity index (χ0) is 56.5. The third kappa shape index (κ3) is 22.8. The van der Waals surface area contributed by atoms with Gasteiger partial charge in [-0.1, -0.05) is 50.6 Å². The average molecular weight is 1070 g/mol. The lowest BCUT2D eigenvalue weighted by molar-refractivity contribution is -0.310. The number of aliphatic carboxylic acids is 1. The molecule has 1 fully saturated rings. The fraction of sp³-hybridized carbons (Fsp3) is 0.638. The fourth-order valence-corrected chi connectivity index (χ4v) is 7.51. The maximum absolute atomic E-state index is 14.2. The van der Waals surface area contributed by atoms with Gasteiger partial charge in [0.15, 0.2) is 12.1 Å². The van der Waals surface area contributed by atoms with E-state index < -0.39 is 170 Å². The van der Waals surface area contributed by atoms with E-state index in [2.05, 4.69) is 37.2 Å². The third-order valence-corrected chi connectivity index (χ3v) is 12.1. The smallest absolute Gasteiger partial charge is 0.303 e. The number of rotatable bonds is 34. The average Bonchev–Trinajstić information content (AvgIpc) is 3.36.